The average Bonchev–Trinajstić information content (AvgIpc) is 2.93. The molecule has 0 aromatic carbocycles. The highest BCUT2D eigenvalue weighted by atomic mass is 32.1. The van der Waals surface area contributed by atoms with Gasteiger partial charge in [0.15, 0.2) is 5.76 Å². The number of nitrogens with one attached hydrogen (secondary N) is 1. The van der Waals surface area contributed by atoms with E-state index in [1.165, 1.54) is 4.90 Å². The van der Waals surface area contributed by atoms with Crippen LogP contribution in [-0.2, 0) is 9.53 Å². The third-order valence-corrected chi connectivity index (χ3v) is 3.42. The Labute approximate surface area is 121 Å². The van der Waals surface area contributed by atoms with Crippen molar-refractivity contribution in [2.24, 2.45) is 0 Å². The molecular formula is C14H13N3O2S. The van der Waals surface area contributed by atoms with Gasteiger partial charge in [-0.3, -0.25) is 14.7 Å². The molecule has 0 spiro atoms. The molecule has 0 unspecified atom stereocenters. The molecule has 2 aromatic rings. The first kappa shape index (κ1) is 12.8. The van der Waals surface area contributed by atoms with Gasteiger partial charge in [0.1, 0.15) is 0 Å². The molecule has 20 heavy (non-hydrogen) atoms. The first-order valence-electron chi connectivity index (χ1n) is 6.26. The number of nitrogens with zero attached hydrogens (tertiary/aromatic N) is 2. The number of hydrogen-bond donors (Lipinski definition) is 1. The summed E-state index contributed by atoms with van der Waals surface area (Å²) < 4.78 is 5.41. The fourth-order valence-electron chi connectivity index (χ4n) is 2.18. The third-order valence-electron chi connectivity index (χ3n) is 3.14. The van der Waals surface area contributed by atoms with E-state index in [0.717, 1.165) is 16.5 Å². The number of ether oxygens (including phenoxy) is 1. The minimum Gasteiger partial charge on any atom is -0.426 e. The van der Waals surface area contributed by atoms with Crippen molar-refractivity contribution in [1.82, 2.24) is 14.9 Å². The Bertz CT molecular complexity index is 733. The van der Waals surface area contributed by atoms with Crippen LogP contribution in [0.3, 0.4) is 0 Å². The van der Waals surface area contributed by atoms with Gasteiger partial charge in [-0.25, -0.2) is 0 Å². The van der Waals surface area contributed by atoms with Crippen molar-refractivity contribution < 1.29 is 9.53 Å². The van der Waals surface area contributed by atoms with Gasteiger partial charge in [0.2, 0.25) is 0 Å². The lowest BCUT2D eigenvalue weighted by Crippen LogP contribution is -2.34. The maximum atomic E-state index is 12.2. The van der Waals surface area contributed by atoms with Crippen molar-refractivity contribution in [2.45, 2.75) is 19.9 Å². The third kappa shape index (κ3) is 1.98. The second-order valence-electron chi connectivity index (χ2n) is 4.81. The van der Waals surface area contributed by atoms with Gasteiger partial charge >= 0.3 is 0 Å². The van der Waals surface area contributed by atoms with E-state index in [1.807, 2.05) is 26.1 Å². The average molecular weight is 287 g/mol. The van der Waals surface area contributed by atoms with Crippen LogP contribution in [0.25, 0.3) is 17.0 Å². The first-order chi connectivity index (χ1) is 9.58. The Morgan fingerprint density at radius 3 is 3.00 bits per heavy atom. The van der Waals surface area contributed by atoms with Crippen molar-refractivity contribution in [2.75, 3.05) is 0 Å². The summed E-state index contributed by atoms with van der Waals surface area (Å²) in [5.74, 6) is 0.0508. The Morgan fingerprint density at radius 1 is 1.50 bits per heavy atom. The van der Waals surface area contributed by atoms with E-state index in [1.54, 1.807) is 18.5 Å². The zero-order valence-electron chi connectivity index (χ0n) is 11.1. The number of fused-ring (bicyclic) bond motifs is 1. The van der Waals surface area contributed by atoms with Gasteiger partial charge in [0.25, 0.3) is 11.1 Å². The van der Waals surface area contributed by atoms with Crippen molar-refractivity contribution in [1.29, 1.82) is 0 Å². The number of pyridine rings is 1. The number of thiocarbonyl (C=S) groups is 1. The molecule has 0 saturated carbocycles. The molecule has 102 valence electrons. The number of H-pyrrole nitrogens is 1. The van der Waals surface area contributed by atoms with E-state index in [-0.39, 0.29) is 22.9 Å². The maximum absolute atomic E-state index is 12.2. The molecule has 2 aromatic heterocycles. The summed E-state index contributed by atoms with van der Waals surface area (Å²) in [7, 11) is 0. The molecule has 1 saturated heterocycles. The van der Waals surface area contributed by atoms with Crippen LogP contribution in [0, 0.1) is 0 Å². The van der Waals surface area contributed by atoms with Gasteiger partial charge in [-0.15, -0.1) is 0 Å². The number of carbonyl (C=O) groups excluding carboxylic acids is 1. The lowest BCUT2D eigenvalue weighted by molar-refractivity contribution is -0.123. The van der Waals surface area contributed by atoms with Gasteiger partial charge in [0.05, 0.1) is 11.7 Å². The van der Waals surface area contributed by atoms with Crippen LogP contribution in [0.15, 0.2) is 30.4 Å². The second-order valence-corrected chi connectivity index (χ2v) is 5.16. The summed E-state index contributed by atoms with van der Waals surface area (Å²) >= 11 is 5.09. The summed E-state index contributed by atoms with van der Waals surface area (Å²) in [4.78, 5) is 20.9. The van der Waals surface area contributed by atoms with Crippen molar-refractivity contribution in [3.05, 3.63) is 36.0 Å². The number of aromatic amines is 1. The lowest BCUT2D eigenvalue weighted by atomic mass is 10.2. The minimum atomic E-state index is -0.201. The van der Waals surface area contributed by atoms with E-state index < -0.39 is 0 Å². The molecule has 6 heteroatoms. The molecule has 5 nitrogen and oxygen atoms in total. The highest BCUT2D eigenvalue weighted by molar-refractivity contribution is 7.80. The molecule has 0 bridgehead atoms. The van der Waals surface area contributed by atoms with Gasteiger partial charge in [-0.2, -0.15) is 0 Å². The zero-order chi connectivity index (χ0) is 14.3. The molecule has 0 aliphatic carbocycles. The largest absolute Gasteiger partial charge is 0.426 e. The van der Waals surface area contributed by atoms with Crippen LogP contribution in [-0.4, -0.2) is 32.0 Å². The summed E-state index contributed by atoms with van der Waals surface area (Å²) in [6, 6.07) is 1.86. The van der Waals surface area contributed by atoms with Gasteiger partial charge in [-0.1, -0.05) is 0 Å². The monoisotopic (exact) mass is 287 g/mol. The standard InChI is InChI=1S/C14H13N3O2S/c1-8(2)17-13(18)12(19-14(17)20)5-9-6-16-11-7-15-4-3-10(9)11/h3-8,16H,1-2H3/b12-5-. The van der Waals surface area contributed by atoms with Gasteiger partial charge < -0.3 is 9.72 Å². The second kappa shape index (κ2) is 4.72. The molecule has 0 atom stereocenters. The highest BCUT2D eigenvalue weighted by Gasteiger charge is 2.35. The molecule has 1 aliphatic heterocycles. The number of carbonyl (C=O) groups is 1. The van der Waals surface area contributed by atoms with E-state index in [4.69, 9.17) is 17.0 Å². The zero-order valence-corrected chi connectivity index (χ0v) is 11.9. The minimum absolute atomic E-state index is 0.0203. The molecule has 1 amide bonds. The number of hydrogen-bond acceptors (Lipinski definition) is 4. The fraction of sp³-hybridized carbons (Fsp3) is 0.214. The molecule has 3 rings (SSSR count). The Morgan fingerprint density at radius 2 is 2.30 bits per heavy atom. The summed E-state index contributed by atoms with van der Waals surface area (Å²) in [6.45, 7) is 3.79. The number of amides is 1. The van der Waals surface area contributed by atoms with Crippen LogP contribution >= 0.6 is 12.2 Å². The van der Waals surface area contributed by atoms with E-state index >= 15 is 0 Å². The lowest BCUT2D eigenvalue weighted by Gasteiger charge is -2.15. The van der Waals surface area contributed by atoms with E-state index in [0.29, 0.717) is 0 Å². The van der Waals surface area contributed by atoms with Gasteiger partial charge in [0, 0.05) is 29.4 Å². The maximum Gasteiger partial charge on any atom is 0.297 e. The first-order valence-corrected chi connectivity index (χ1v) is 6.67. The van der Waals surface area contributed by atoms with Crippen molar-refractivity contribution >= 4 is 40.3 Å². The molecular weight excluding hydrogens is 274 g/mol. The highest BCUT2D eigenvalue weighted by Crippen LogP contribution is 2.25. The number of rotatable bonds is 2. The Kier molecular flexibility index (Phi) is 3.02. The van der Waals surface area contributed by atoms with Crippen LogP contribution < -0.4 is 0 Å². The Hall–Kier alpha value is -2.21. The quantitative estimate of drug-likeness (QED) is 0.681. The molecule has 1 fully saturated rings. The van der Waals surface area contributed by atoms with Crippen LogP contribution in [0.1, 0.15) is 19.4 Å². The molecule has 1 aliphatic rings. The fourth-order valence-corrected chi connectivity index (χ4v) is 2.56. The van der Waals surface area contributed by atoms with E-state index in [9.17, 15) is 4.79 Å². The van der Waals surface area contributed by atoms with Crippen LogP contribution in [0.4, 0.5) is 0 Å². The van der Waals surface area contributed by atoms with Crippen LogP contribution in [0.5, 0.6) is 0 Å². The predicted octanol–water partition coefficient (Wildman–Crippen LogP) is 2.46. The van der Waals surface area contributed by atoms with Gasteiger partial charge in [-0.05, 0) is 38.2 Å². The molecule has 0 radical (unpaired) electrons. The Balaban J connectivity index is 2.01. The summed E-state index contributed by atoms with van der Waals surface area (Å²) in [6.07, 6.45) is 6.97. The summed E-state index contributed by atoms with van der Waals surface area (Å²) in [5, 5.41) is 1.19. The molecule has 3 heterocycles. The van der Waals surface area contributed by atoms with Crippen molar-refractivity contribution in [3.8, 4) is 0 Å². The van der Waals surface area contributed by atoms with Crippen molar-refractivity contribution in [3.63, 3.8) is 0 Å². The summed E-state index contributed by atoms with van der Waals surface area (Å²) in [5.41, 5.74) is 1.78. The van der Waals surface area contributed by atoms with E-state index in [2.05, 4.69) is 9.97 Å². The SMILES string of the molecule is CC(C)N1C(=O)/C(=C/c2c[nH]c3cnccc23)OC1=S. The number of aromatic nitrogens is 2. The predicted molar refractivity (Wildman–Crippen MR) is 79.7 cm³/mol. The topological polar surface area (TPSA) is 58.2 Å². The van der Waals surface area contributed by atoms with Crippen LogP contribution in [0.2, 0.25) is 0 Å². The molecule has 1 N–H and O–H groups in total. The smallest absolute Gasteiger partial charge is 0.297 e. The normalized spacial score (nSPS) is 17.6.